The van der Waals surface area contributed by atoms with Crippen molar-refractivity contribution in [2.24, 2.45) is 16.7 Å². The molecule has 4 N–H and O–H groups in total. The largest absolute Gasteiger partial charge is 0.382 e. The summed E-state index contributed by atoms with van der Waals surface area (Å²) in [5.41, 5.74) is 7.94. The van der Waals surface area contributed by atoms with E-state index in [4.69, 9.17) is 11.6 Å². The van der Waals surface area contributed by atoms with Gasteiger partial charge in [-0.1, -0.05) is 6.07 Å². The van der Waals surface area contributed by atoms with Crippen LogP contribution in [0.2, 0.25) is 0 Å². The molecule has 74 valence electrons. The van der Waals surface area contributed by atoms with Crippen molar-refractivity contribution in [1.29, 1.82) is 0 Å². The number of fused-ring (bicyclic) bond motifs is 1. The summed E-state index contributed by atoms with van der Waals surface area (Å²) in [6.45, 7) is 0. The first kappa shape index (κ1) is 9.40. The summed E-state index contributed by atoms with van der Waals surface area (Å²) >= 11 is 1.90. The molecule has 1 aromatic carbocycles. The molecular weight excluding hydrogens is 194 g/mol. The van der Waals surface area contributed by atoms with E-state index in [0.29, 0.717) is 5.84 Å². The highest BCUT2D eigenvalue weighted by Crippen LogP contribution is 2.30. The molecule has 0 radical (unpaired) electrons. The van der Waals surface area contributed by atoms with Gasteiger partial charge in [0.25, 0.3) is 0 Å². The van der Waals surface area contributed by atoms with Crippen molar-refractivity contribution in [3.63, 3.8) is 0 Å². The first-order valence-corrected chi connectivity index (χ1v) is 5.59. The van der Waals surface area contributed by atoms with Gasteiger partial charge in [0.05, 0.1) is 0 Å². The lowest BCUT2D eigenvalue weighted by Crippen LogP contribution is -2.16. The summed E-state index contributed by atoms with van der Waals surface area (Å²) in [5, 5.41) is 3.50. The molecule has 4 heteroatoms. The Morgan fingerprint density at radius 3 is 3.07 bits per heavy atom. The fourth-order valence-corrected chi connectivity index (χ4v) is 2.61. The van der Waals surface area contributed by atoms with E-state index in [1.165, 1.54) is 22.6 Å². The number of hydrogen-bond acceptors (Lipinski definition) is 3. The van der Waals surface area contributed by atoms with Crippen LogP contribution in [0.1, 0.15) is 17.5 Å². The molecule has 0 spiro atoms. The van der Waals surface area contributed by atoms with Gasteiger partial charge < -0.3 is 11.6 Å². The number of benzene rings is 1. The van der Waals surface area contributed by atoms with Gasteiger partial charge >= 0.3 is 0 Å². The van der Waals surface area contributed by atoms with Gasteiger partial charge in [0.15, 0.2) is 0 Å². The molecule has 3 nitrogen and oxygen atoms in total. The number of amidine groups is 1. The van der Waals surface area contributed by atoms with Crippen molar-refractivity contribution >= 4 is 17.6 Å². The van der Waals surface area contributed by atoms with E-state index < -0.39 is 0 Å². The van der Waals surface area contributed by atoms with Crippen LogP contribution in [0.4, 0.5) is 0 Å². The van der Waals surface area contributed by atoms with Crippen molar-refractivity contribution in [2.75, 3.05) is 5.75 Å². The fraction of sp³-hybridized carbons (Fsp3) is 0.300. The van der Waals surface area contributed by atoms with Crippen LogP contribution in [-0.2, 0) is 6.42 Å². The van der Waals surface area contributed by atoms with Crippen molar-refractivity contribution in [3.05, 3.63) is 29.3 Å². The van der Waals surface area contributed by atoms with E-state index in [0.717, 1.165) is 12.0 Å². The summed E-state index contributed by atoms with van der Waals surface area (Å²) in [7, 11) is 0. The van der Waals surface area contributed by atoms with E-state index in [9.17, 15) is 0 Å². The second-order valence-corrected chi connectivity index (χ2v) is 4.43. The molecule has 0 amide bonds. The Kier molecular flexibility index (Phi) is 2.63. The van der Waals surface area contributed by atoms with E-state index in [2.05, 4.69) is 17.2 Å². The standard InChI is InChI=1S/C10H13N3S/c11-10(13-12)8-3-4-9-7(6-8)2-1-5-14-9/h3-4,6H,1-2,5,12H2,(H2,11,13). The first-order chi connectivity index (χ1) is 6.81. The van der Waals surface area contributed by atoms with E-state index in [-0.39, 0.29) is 0 Å². The number of thioether (sulfide) groups is 1. The Hall–Kier alpha value is -1.16. The number of rotatable bonds is 1. The molecule has 14 heavy (non-hydrogen) atoms. The van der Waals surface area contributed by atoms with Gasteiger partial charge in [0.2, 0.25) is 0 Å². The van der Waals surface area contributed by atoms with Crippen molar-refractivity contribution in [1.82, 2.24) is 0 Å². The number of aryl methyl sites for hydroxylation is 1. The molecule has 0 atom stereocenters. The average molecular weight is 207 g/mol. The second-order valence-electron chi connectivity index (χ2n) is 3.29. The molecule has 0 fully saturated rings. The lowest BCUT2D eigenvalue weighted by molar-refractivity contribution is 0.889. The minimum absolute atomic E-state index is 0.406. The molecule has 0 unspecified atom stereocenters. The van der Waals surface area contributed by atoms with Gasteiger partial charge in [0, 0.05) is 10.5 Å². The van der Waals surface area contributed by atoms with Gasteiger partial charge in [-0.2, -0.15) is 5.10 Å². The SMILES string of the molecule is N/N=C(\N)c1ccc2c(c1)CCCS2. The van der Waals surface area contributed by atoms with Crippen LogP contribution in [0.3, 0.4) is 0 Å². The highest BCUT2D eigenvalue weighted by atomic mass is 32.2. The highest BCUT2D eigenvalue weighted by Gasteiger charge is 2.10. The van der Waals surface area contributed by atoms with Gasteiger partial charge in [-0.25, -0.2) is 0 Å². The van der Waals surface area contributed by atoms with Crippen LogP contribution in [0.25, 0.3) is 0 Å². The first-order valence-electron chi connectivity index (χ1n) is 4.60. The molecule has 0 bridgehead atoms. The lowest BCUT2D eigenvalue weighted by atomic mass is 10.1. The van der Waals surface area contributed by atoms with Crippen LogP contribution in [0.15, 0.2) is 28.2 Å². The van der Waals surface area contributed by atoms with Crippen molar-refractivity contribution < 1.29 is 0 Å². The third kappa shape index (κ3) is 1.70. The fourth-order valence-electron chi connectivity index (χ4n) is 1.59. The molecule has 0 saturated heterocycles. The van der Waals surface area contributed by atoms with Crippen LogP contribution in [-0.4, -0.2) is 11.6 Å². The summed E-state index contributed by atoms with van der Waals surface area (Å²) in [6, 6.07) is 6.17. The topological polar surface area (TPSA) is 64.4 Å². The highest BCUT2D eigenvalue weighted by molar-refractivity contribution is 7.99. The van der Waals surface area contributed by atoms with Crippen molar-refractivity contribution in [2.45, 2.75) is 17.7 Å². The second kappa shape index (κ2) is 3.92. The monoisotopic (exact) mass is 207 g/mol. The third-order valence-electron chi connectivity index (χ3n) is 2.34. The summed E-state index contributed by atoms with van der Waals surface area (Å²) in [5.74, 6) is 6.76. The summed E-state index contributed by atoms with van der Waals surface area (Å²) < 4.78 is 0. The maximum absolute atomic E-state index is 5.65. The lowest BCUT2D eigenvalue weighted by Gasteiger charge is -2.15. The minimum Gasteiger partial charge on any atom is -0.382 e. The molecular formula is C10H13N3S. The average Bonchev–Trinajstić information content (AvgIpc) is 2.27. The Bertz CT molecular complexity index is 374. The summed E-state index contributed by atoms with van der Waals surface area (Å²) in [6.07, 6.45) is 2.37. The number of hydrazone groups is 1. The molecule has 1 heterocycles. The van der Waals surface area contributed by atoms with Gasteiger partial charge in [-0.3, -0.25) is 0 Å². The smallest absolute Gasteiger partial charge is 0.150 e. The quantitative estimate of drug-likeness (QED) is 0.316. The third-order valence-corrected chi connectivity index (χ3v) is 3.55. The molecule has 2 rings (SSSR count). The van der Waals surface area contributed by atoms with Crippen LogP contribution < -0.4 is 11.6 Å². The molecule has 0 aromatic heterocycles. The Morgan fingerprint density at radius 1 is 1.43 bits per heavy atom. The van der Waals surface area contributed by atoms with Crippen LogP contribution >= 0.6 is 11.8 Å². The van der Waals surface area contributed by atoms with E-state index >= 15 is 0 Å². The van der Waals surface area contributed by atoms with Gasteiger partial charge in [0.1, 0.15) is 5.84 Å². The molecule has 1 aliphatic heterocycles. The predicted molar refractivity (Wildman–Crippen MR) is 60.4 cm³/mol. The maximum atomic E-state index is 5.65. The number of hydrogen-bond donors (Lipinski definition) is 2. The Morgan fingerprint density at radius 2 is 2.29 bits per heavy atom. The molecule has 1 aliphatic rings. The Balaban J connectivity index is 2.38. The molecule has 0 aliphatic carbocycles. The van der Waals surface area contributed by atoms with Gasteiger partial charge in [-0.05, 0) is 36.3 Å². The normalized spacial score (nSPS) is 16.4. The van der Waals surface area contributed by atoms with Crippen LogP contribution in [0.5, 0.6) is 0 Å². The van der Waals surface area contributed by atoms with Crippen LogP contribution in [0, 0.1) is 0 Å². The minimum atomic E-state index is 0.406. The predicted octanol–water partition coefficient (Wildman–Crippen LogP) is 1.30. The van der Waals surface area contributed by atoms with E-state index in [1.54, 1.807) is 0 Å². The van der Waals surface area contributed by atoms with E-state index in [1.807, 2.05) is 17.8 Å². The zero-order valence-electron chi connectivity index (χ0n) is 7.86. The van der Waals surface area contributed by atoms with Crippen molar-refractivity contribution in [3.8, 4) is 0 Å². The summed E-state index contributed by atoms with van der Waals surface area (Å²) in [4.78, 5) is 1.37. The zero-order chi connectivity index (χ0) is 9.97. The zero-order valence-corrected chi connectivity index (χ0v) is 8.68. The molecule has 1 aromatic rings. The number of nitrogens with two attached hydrogens (primary N) is 2. The van der Waals surface area contributed by atoms with Gasteiger partial charge in [-0.15, -0.1) is 11.8 Å². The maximum Gasteiger partial charge on any atom is 0.150 e. The molecule has 0 saturated carbocycles. The number of nitrogens with zero attached hydrogens (tertiary/aromatic N) is 1. The Labute approximate surface area is 87.6 Å².